The minimum absolute atomic E-state index is 0.0538. The third kappa shape index (κ3) is 3.53. The van der Waals surface area contributed by atoms with E-state index in [-0.39, 0.29) is 20.6 Å². The Balaban J connectivity index is 2.47. The topological polar surface area (TPSA) is 106 Å². The highest BCUT2D eigenvalue weighted by Gasteiger charge is 2.27. The summed E-state index contributed by atoms with van der Waals surface area (Å²) in [4.78, 5) is -0.677. The zero-order chi connectivity index (χ0) is 16.5. The lowest BCUT2D eigenvalue weighted by molar-refractivity contribution is 0.577. The van der Waals surface area contributed by atoms with Gasteiger partial charge in [-0.25, -0.2) is 16.8 Å². The van der Waals surface area contributed by atoms with Crippen molar-refractivity contribution in [2.24, 2.45) is 0 Å². The molecule has 0 saturated heterocycles. The van der Waals surface area contributed by atoms with Crippen molar-refractivity contribution < 1.29 is 16.8 Å². The van der Waals surface area contributed by atoms with E-state index in [1.165, 1.54) is 24.3 Å². The maximum Gasteiger partial charge on any atom is 0.255 e. The van der Waals surface area contributed by atoms with Gasteiger partial charge in [0, 0.05) is 0 Å². The van der Waals surface area contributed by atoms with Crippen molar-refractivity contribution in [1.29, 1.82) is 0 Å². The summed E-state index contributed by atoms with van der Waals surface area (Å²) in [5.74, 6) is 0. The van der Waals surface area contributed by atoms with Crippen molar-refractivity contribution >= 4 is 48.9 Å². The zero-order valence-electron chi connectivity index (χ0n) is 10.8. The molecule has 2 aromatic carbocycles. The number of hydrogen-bond acceptors (Lipinski definition) is 5. The number of rotatable bonds is 4. The lowest BCUT2D eigenvalue weighted by Crippen LogP contribution is -2.30. The SMILES string of the molecule is Nc1cc(Cl)c(S(=O)(=O)NS(=O)(=O)c2ccccc2)cc1Cl. The highest BCUT2D eigenvalue weighted by atomic mass is 35.5. The van der Waals surface area contributed by atoms with Gasteiger partial charge in [-0.2, -0.15) is 0 Å². The second-order valence-corrected chi connectivity index (χ2v) is 8.61. The molecule has 0 radical (unpaired) electrons. The number of sulfonamides is 2. The molecule has 2 aromatic rings. The fourth-order valence-electron chi connectivity index (χ4n) is 1.59. The molecular formula is C12H10Cl2N2O4S2. The first-order valence-corrected chi connectivity index (χ1v) is 9.44. The monoisotopic (exact) mass is 380 g/mol. The predicted molar refractivity (Wildman–Crippen MR) is 84.8 cm³/mol. The second-order valence-electron chi connectivity index (χ2n) is 4.21. The fraction of sp³-hybridized carbons (Fsp3) is 0. The Bertz CT molecular complexity index is 914. The van der Waals surface area contributed by atoms with Crippen LogP contribution in [0.4, 0.5) is 5.69 Å². The lowest BCUT2D eigenvalue weighted by atomic mass is 10.3. The van der Waals surface area contributed by atoms with Crippen LogP contribution >= 0.6 is 23.2 Å². The van der Waals surface area contributed by atoms with Crippen molar-refractivity contribution in [3.8, 4) is 0 Å². The fourth-order valence-corrected chi connectivity index (χ4v) is 5.30. The lowest BCUT2D eigenvalue weighted by Gasteiger charge is -2.10. The summed E-state index contributed by atoms with van der Waals surface area (Å²) in [6, 6.07) is 9.17. The van der Waals surface area contributed by atoms with Crippen LogP contribution in [-0.4, -0.2) is 16.8 Å². The summed E-state index contributed by atoms with van der Waals surface area (Å²) in [5, 5.41) is -0.292. The molecular weight excluding hydrogens is 371 g/mol. The van der Waals surface area contributed by atoms with Crippen LogP contribution in [-0.2, 0) is 20.0 Å². The van der Waals surface area contributed by atoms with E-state index in [0.717, 1.165) is 12.1 Å². The van der Waals surface area contributed by atoms with Gasteiger partial charge in [0.15, 0.2) is 0 Å². The summed E-state index contributed by atoms with van der Waals surface area (Å²) in [5.41, 5.74) is 5.58. The molecule has 0 unspecified atom stereocenters. The number of nitrogens with one attached hydrogen (secondary N) is 1. The van der Waals surface area contributed by atoms with E-state index in [1.54, 1.807) is 10.2 Å². The van der Waals surface area contributed by atoms with Gasteiger partial charge < -0.3 is 5.73 Å². The molecule has 0 aliphatic rings. The Labute approximate surface area is 138 Å². The van der Waals surface area contributed by atoms with Gasteiger partial charge in [0.25, 0.3) is 20.0 Å². The van der Waals surface area contributed by atoms with Crippen LogP contribution in [0.3, 0.4) is 0 Å². The Kier molecular flexibility index (Phi) is 4.69. The van der Waals surface area contributed by atoms with Crippen LogP contribution in [0, 0.1) is 0 Å². The molecule has 3 N–H and O–H groups in total. The first-order valence-electron chi connectivity index (χ1n) is 5.72. The van der Waals surface area contributed by atoms with Crippen LogP contribution in [0.25, 0.3) is 0 Å². The summed E-state index contributed by atoms with van der Waals surface area (Å²) in [6.45, 7) is 0. The van der Waals surface area contributed by atoms with Crippen molar-refractivity contribution in [3.05, 3.63) is 52.5 Å². The van der Waals surface area contributed by atoms with E-state index in [4.69, 9.17) is 28.9 Å². The van der Waals surface area contributed by atoms with E-state index >= 15 is 0 Å². The van der Waals surface area contributed by atoms with Gasteiger partial charge in [0.1, 0.15) is 4.90 Å². The molecule has 0 amide bonds. The summed E-state index contributed by atoms with van der Waals surface area (Å²) in [7, 11) is -8.72. The van der Waals surface area contributed by atoms with E-state index < -0.39 is 24.9 Å². The molecule has 0 bridgehead atoms. The Hall–Kier alpha value is -1.32. The van der Waals surface area contributed by atoms with Crippen LogP contribution in [0.1, 0.15) is 0 Å². The van der Waals surface area contributed by atoms with E-state index in [9.17, 15) is 16.8 Å². The molecule has 22 heavy (non-hydrogen) atoms. The minimum atomic E-state index is -4.45. The van der Waals surface area contributed by atoms with Gasteiger partial charge in [-0.1, -0.05) is 41.4 Å². The van der Waals surface area contributed by atoms with Crippen molar-refractivity contribution in [2.75, 3.05) is 5.73 Å². The molecule has 10 heteroatoms. The number of nitrogen functional groups attached to an aromatic ring is 1. The highest BCUT2D eigenvalue weighted by Crippen LogP contribution is 2.30. The molecule has 0 saturated carbocycles. The number of anilines is 1. The molecule has 0 aliphatic heterocycles. The van der Waals surface area contributed by atoms with E-state index in [2.05, 4.69) is 0 Å². The maximum atomic E-state index is 12.2. The van der Waals surface area contributed by atoms with Crippen molar-refractivity contribution in [1.82, 2.24) is 4.13 Å². The average Bonchev–Trinajstić information content (AvgIpc) is 2.42. The van der Waals surface area contributed by atoms with Crippen molar-refractivity contribution in [3.63, 3.8) is 0 Å². The Morgan fingerprint density at radius 2 is 1.45 bits per heavy atom. The van der Waals surface area contributed by atoms with Gasteiger partial charge in [0.05, 0.1) is 20.6 Å². The molecule has 0 aromatic heterocycles. The average molecular weight is 381 g/mol. The smallest absolute Gasteiger partial charge is 0.255 e. The van der Waals surface area contributed by atoms with E-state index in [1.807, 2.05) is 0 Å². The molecule has 0 spiro atoms. The summed E-state index contributed by atoms with van der Waals surface area (Å²) >= 11 is 11.6. The predicted octanol–water partition coefficient (Wildman–Crippen LogP) is 2.24. The first-order chi connectivity index (χ1) is 10.1. The van der Waals surface area contributed by atoms with Gasteiger partial charge in [-0.05, 0) is 24.3 Å². The van der Waals surface area contributed by atoms with Crippen LogP contribution in [0.2, 0.25) is 10.0 Å². The number of nitrogens with two attached hydrogens (primary N) is 1. The number of benzene rings is 2. The standard InChI is InChI=1S/C12H10Cl2N2O4S2/c13-9-7-12(10(14)6-11(9)15)22(19,20)16-21(17,18)8-4-2-1-3-5-8/h1-7,16H,15H2. The third-order valence-electron chi connectivity index (χ3n) is 2.61. The Morgan fingerprint density at radius 3 is 2.05 bits per heavy atom. The normalized spacial score (nSPS) is 12.3. The van der Waals surface area contributed by atoms with E-state index in [0.29, 0.717) is 0 Å². The zero-order valence-corrected chi connectivity index (χ0v) is 14.0. The first kappa shape index (κ1) is 17.0. The molecule has 0 heterocycles. The third-order valence-corrected chi connectivity index (χ3v) is 6.93. The largest absolute Gasteiger partial charge is 0.397 e. The molecule has 0 atom stereocenters. The van der Waals surface area contributed by atoms with Crippen LogP contribution < -0.4 is 9.86 Å². The molecule has 118 valence electrons. The highest BCUT2D eigenvalue weighted by molar-refractivity contribution is 8.04. The molecule has 2 rings (SSSR count). The summed E-state index contributed by atoms with van der Waals surface area (Å²) in [6.07, 6.45) is 0. The van der Waals surface area contributed by atoms with Gasteiger partial charge >= 0.3 is 0 Å². The Morgan fingerprint density at radius 1 is 0.864 bits per heavy atom. The quantitative estimate of drug-likeness (QED) is 0.790. The molecule has 0 aliphatic carbocycles. The van der Waals surface area contributed by atoms with Crippen LogP contribution in [0.15, 0.2) is 52.3 Å². The molecule has 6 nitrogen and oxygen atoms in total. The van der Waals surface area contributed by atoms with Crippen LogP contribution in [0.5, 0.6) is 0 Å². The van der Waals surface area contributed by atoms with Gasteiger partial charge in [0.2, 0.25) is 0 Å². The van der Waals surface area contributed by atoms with Gasteiger partial charge in [-0.15, -0.1) is 4.13 Å². The van der Waals surface area contributed by atoms with Crippen molar-refractivity contribution in [2.45, 2.75) is 9.79 Å². The number of halogens is 2. The summed E-state index contributed by atoms with van der Waals surface area (Å²) < 4.78 is 50.3. The second kappa shape index (κ2) is 6.05. The number of hydrogen-bond donors (Lipinski definition) is 2. The van der Waals surface area contributed by atoms with Gasteiger partial charge in [-0.3, -0.25) is 0 Å². The maximum absolute atomic E-state index is 12.2. The minimum Gasteiger partial charge on any atom is -0.397 e. The molecule has 0 fully saturated rings.